The van der Waals surface area contributed by atoms with Crippen molar-refractivity contribution in [1.29, 1.82) is 0 Å². The lowest BCUT2D eigenvalue weighted by molar-refractivity contribution is 0.996. The van der Waals surface area contributed by atoms with Crippen LogP contribution >= 0.6 is 0 Å². The Kier molecular flexibility index (Phi) is 24.9. The SMILES string of the molecule is Cc1c(C)c(C)c2c(c1C)c1c(C)c(-c3ccc(-c4ccc(-n5c6c(C)c(C)c(C)c(C)c6c6c(C)c(C)c(C)c(C)c65)cc4)cc3)c(C)c(C)c1n2C.Cc1c(C)c(C)c2c(c1C)c1c(C)c(-c3ccc(-n4c5c(C)c(C)c(C)c(C)c5c5c(C)c(C)c(C)c(C)c54)cc3)c(C)c(C)c1n2C.Cc1c(C)c(C)c2c(c1C)c1c(C)c(C)c(-c3ccc(-n4c5c(C)c(C)c(C)c(C)c5c5c(C)c(C)c(C)c(C)c54)cc3)c(C)c1n2C. The van der Waals surface area contributed by atoms with Crippen molar-refractivity contribution >= 4 is 131 Å². The lowest BCUT2D eigenvalue weighted by Crippen LogP contribution is -2.01. The third-order valence-electron chi connectivity index (χ3n) is 41.0. The van der Waals surface area contributed by atoms with E-state index in [2.05, 4.69) is 457 Å². The van der Waals surface area contributed by atoms with E-state index < -0.39 is 0 Å². The van der Waals surface area contributed by atoms with E-state index >= 15 is 0 Å². The molecule has 0 spiro atoms. The van der Waals surface area contributed by atoms with Gasteiger partial charge in [-0.25, -0.2) is 0 Å². The molecular weight excluding hydrogens is 1810 g/mol. The summed E-state index contributed by atoms with van der Waals surface area (Å²) < 4.78 is 15.1. The molecule has 6 nitrogen and oxygen atoms in total. The predicted octanol–water partition coefficient (Wildman–Crippen LogP) is 39.8. The summed E-state index contributed by atoms with van der Waals surface area (Å²) in [4.78, 5) is 0. The molecule has 0 unspecified atom stereocenters. The fourth-order valence-corrected chi connectivity index (χ4v) is 28.8. The van der Waals surface area contributed by atoms with Gasteiger partial charge in [0.15, 0.2) is 0 Å². The Morgan fingerprint density at radius 1 is 0.100 bits per heavy atom. The maximum Gasteiger partial charge on any atom is 0.0575 e. The predicted molar refractivity (Wildman–Crippen MR) is 659 cm³/mol. The average Bonchev–Trinajstić information content (AvgIpc) is 1.55. The summed E-state index contributed by atoms with van der Waals surface area (Å²) >= 11 is 0. The fraction of sp³-hybridized carbons (Fsp3) is 0.333. The number of fused-ring (bicyclic) bond motifs is 18. The summed E-state index contributed by atoms with van der Waals surface area (Å²) in [6, 6.07) is 37.5. The fourth-order valence-electron chi connectivity index (χ4n) is 28.8. The van der Waals surface area contributed by atoms with E-state index in [1.807, 2.05) is 0 Å². The van der Waals surface area contributed by atoms with Gasteiger partial charge in [0.1, 0.15) is 0 Å². The van der Waals surface area contributed by atoms with Crippen LogP contribution in [-0.2, 0) is 21.1 Å². The molecule has 22 aromatic rings. The van der Waals surface area contributed by atoms with E-state index in [4.69, 9.17) is 0 Å². The van der Waals surface area contributed by atoms with Gasteiger partial charge in [0, 0.05) is 103 Å². The second kappa shape index (κ2) is 36.0. The Hall–Kier alpha value is -13.7. The first-order valence-electron chi connectivity index (χ1n) is 55.0. The Balaban J connectivity index is 0.000000136. The zero-order valence-corrected chi connectivity index (χ0v) is 99.9. The van der Waals surface area contributed by atoms with Crippen molar-refractivity contribution in [3.63, 3.8) is 0 Å². The first-order chi connectivity index (χ1) is 70.6. The van der Waals surface area contributed by atoms with Crippen LogP contribution in [0.3, 0.4) is 0 Å². The van der Waals surface area contributed by atoms with Crippen LogP contribution in [0, 0.1) is 312 Å². The summed E-state index contributed by atoms with van der Waals surface area (Å²) in [5.41, 5.74) is 93.1. The number of hydrogen-bond acceptors (Lipinski definition) is 0. The van der Waals surface area contributed by atoms with Gasteiger partial charge in [-0.05, 0) is 643 Å². The highest BCUT2D eigenvalue weighted by Gasteiger charge is 2.34. The second-order valence-corrected chi connectivity index (χ2v) is 46.8. The van der Waals surface area contributed by atoms with Crippen molar-refractivity contribution in [2.75, 3.05) is 0 Å². The quantitative estimate of drug-likeness (QED) is 0.152. The topological polar surface area (TPSA) is 29.6 Å². The van der Waals surface area contributed by atoms with Gasteiger partial charge in [0.05, 0.1) is 66.2 Å². The van der Waals surface area contributed by atoms with E-state index in [0.29, 0.717) is 0 Å². The van der Waals surface area contributed by atoms with E-state index in [0.717, 1.165) is 0 Å². The molecule has 0 N–H and O–H groups in total. The van der Waals surface area contributed by atoms with E-state index in [1.54, 1.807) is 0 Å². The smallest absolute Gasteiger partial charge is 0.0575 e. The normalized spacial score (nSPS) is 12.1. The first kappa shape index (κ1) is 103. The van der Waals surface area contributed by atoms with Crippen LogP contribution < -0.4 is 0 Å². The highest BCUT2D eigenvalue weighted by atomic mass is 15.0. The molecule has 0 aliphatic rings. The van der Waals surface area contributed by atoms with Gasteiger partial charge in [0.2, 0.25) is 0 Å². The standard InChI is InChI=1S/C52H56N2.2C46H52N2/c1-25-28(4)35(11)49-45(31(25)7)48-39(15)44(34(10)38(14)50(48)53(49)16)42-19-17-40(18-20-42)41-21-23-43(24-22-41)54-51-36(12)29(5)26(2)32(8)46(51)47-33(9)27(3)30(6)37(13)52(47)54;1-21-24(4)32(12)43-39(27(21)7)40-31(11)30(10)38(35(15)44(40)47(43)16)36-17-19-37(20-18-36)48-45-33(13)25(5)22(2)28(8)41(45)42-29(9)23(3)26(6)34(14)46(42)48;1-21-24(4)31(11)43-39(27(21)7)42-35(15)38(30(10)34(14)44(42)47(43)16)36-17-19-37(20-18-36)48-45-32(12)25(5)22(2)28(8)40(45)41-29(9)23(3)26(6)33(13)46(41)48/h17-24H,1-16H3;2*17-20H,1-16H3. The molecule has 6 aromatic heterocycles. The third kappa shape index (κ3) is 13.9. The zero-order valence-electron chi connectivity index (χ0n) is 99.9. The maximum absolute atomic E-state index is 2.58. The lowest BCUT2D eigenvalue weighted by Gasteiger charge is -2.18. The average molecular weight is 1970 g/mol. The minimum Gasteiger partial charge on any atom is -0.343 e. The number of nitrogens with zero attached hydrogens (tertiary/aromatic N) is 6. The lowest BCUT2D eigenvalue weighted by atomic mass is 9.87. The molecule has 0 bridgehead atoms. The molecule has 0 atom stereocenters. The van der Waals surface area contributed by atoms with Crippen molar-refractivity contribution in [2.24, 2.45) is 21.1 Å². The number of aromatic nitrogens is 6. The van der Waals surface area contributed by atoms with Crippen molar-refractivity contribution in [3.05, 3.63) is 347 Å². The number of rotatable bonds is 7. The summed E-state index contributed by atoms with van der Waals surface area (Å²) in [5.74, 6) is 0. The van der Waals surface area contributed by atoms with E-state index in [-0.39, 0.29) is 0 Å². The van der Waals surface area contributed by atoms with Crippen LogP contribution in [0.4, 0.5) is 0 Å². The molecule has 0 aliphatic heterocycles. The van der Waals surface area contributed by atoms with Crippen LogP contribution in [0.15, 0.2) is 97.1 Å². The molecule has 6 heterocycles. The molecule has 22 rings (SSSR count). The zero-order chi connectivity index (χ0) is 109. The van der Waals surface area contributed by atoms with Gasteiger partial charge in [0.25, 0.3) is 0 Å². The molecule has 150 heavy (non-hydrogen) atoms. The first-order valence-corrected chi connectivity index (χ1v) is 55.0. The Morgan fingerprint density at radius 3 is 0.407 bits per heavy atom. The number of aryl methyl sites for hydroxylation is 27. The van der Waals surface area contributed by atoms with Crippen LogP contribution in [0.5, 0.6) is 0 Å². The molecule has 16 aromatic carbocycles. The van der Waals surface area contributed by atoms with E-state index in [9.17, 15) is 0 Å². The Morgan fingerprint density at radius 2 is 0.213 bits per heavy atom. The highest BCUT2D eigenvalue weighted by Crippen LogP contribution is 2.54. The number of hydrogen-bond donors (Lipinski definition) is 0. The molecule has 0 aliphatic carbocycles. The third-order valence-corrected chi connectivity index (χ3v) is 41.0. The van der Waals surface area contributed by atoms with Crippen molar-refractivity contribution in [3.8, 4) is 61.6 Å². The largest absolute Gasteiger partial charge is 0.343 e. The van der Waals surface area contributed by atoms with Crippen LogP contribution in [0.1, 0.15) is 250 Å². The van der Waals surface area contributed by atoms with Gasteiger partial charge in [-0.1, -0.05) is 60.7 Å². The minimum atomic E-state index is 1.22. The summed E-state index contributed by atoms with van der Waals surface area (Å²) in [6.07, 6.45) is 0. The van der Waals surface area contributed by atoms with Gasteiger partial charge >= 0.3 is 0 Å². The monoisotopic (exact) mass is 1970 g/mol. The highest BCUT2D eigenvalue weighted by molar-refractivity contribution is 6.22. The molecule has 0 fully saturated rings. The summed E-state index contributed by atoms with van der Waals surface area (Å²) in [7, 11) is 6.79. The maximum atomic E-state index is 2.58. The molecule has 0 radical (unpaired) electrons. The van der Waals surface area contributed by atoms with Crippen molar-refractivity contribution in [2.45, 2.75) is 312 Å². The molecule has 6 heteroatoms. The Labute approximate surface area is 893 Å². The van der Waals surface area contributed by atoms with Crippen molar-refractivity contribution < 1.29 is 0 Å². The Bertz CT molecular complexity index is 9630. The summed E-state index contributed by atoms with van der Waals surface area (Å²) in [5, 5.41) is 17.0. The van der Waals surface area contributed by atoms with Gasteiger partial charge in [-0.15, -0.1) is 0 Å². The van der Waals surface area contributed by atoms with Crippen molar-refractivity contribution in [1.82, 2.24) is 27.4 Å². The molecule has 0 saturated carbocycles. The van der Waals surface area contributed by atoms with Gasteiger partial charge in [-0.2, -0.15) is 0 Å². The van der Waals surface area contributed by atoms with E-state index in [1.165, 1.54) is 443 Å². The van der Waals surface area contributed by atoms with Crippen LogP contribution in [0.2, 0.25) is 0 Å². The summed E-state index contributed by atoms with van der Waals surface area (Å²) in [6.45, 7) is 104. The van der Waals surface area contributed by atoms with Gasteiger partial charge < -0.3 is 27.4 Å². The molecular formula is C144H160N6. The van der Waals surface area contributed by atoms with Crippen LogP contribution in [-0.4, -0.2) is 27.4 Å². The molecule has 0 amide bonds. The van der Waals surface area contributed by atoms with Crippen LogP contribution in [0.25, 0.3) is 192 Å². The second-order valence-electron chi connectivity index (χ2n) is 46.8. The molecule has 766 valence electrons. The number of benzene rings is 16. The van der Waals surface area contributed by atoms with Gasteiger partial charge in [-0.3, -0.25) is 0 Å². The minimum absolute atomic E-state index is 1.22. The molecule has 0 saturated heterocycles.